The monoisotopic (exact) mass is 208 g/mol. The molecule has 2 heteroatoms. The Morgan fingerprint density at radius 3 is 2.33 bits per heavy atom. The van der Waals surface area contributed by atoms with Crippen LogP contribution in [0.1, 0.15) is 31.9 Å². The van der Waals surface area contributed by atoms with Gasteiger partial charge < -0.3 is 9.84 Å². The second kappa shape index (κ2) is 4.23. The Hall–Kier alpha value is -1.02. The van der Waals surface area contributed by atoms with E-state index in [1.807, 2.05) is 45.9 Å². The minimum atomic E-state index is -0.781. The fourth-order valence-corrected chi connectivity index (χ4v) is 1.64. The summed E-state index contributed by atoms with van der Waals surface area (Å²) < 4.78 is 5.14. The molecule has 2 nitrogen and oxygen atoms in total. The van der Waals surface area contributed by atoms with E-state index in [2.05, 4.69) is 0 Å². The maximum atomic E-state index is 10.4. The predicted octanol–water partition coefficient (Wildman–Crippen LogP) is 2.87. The number of aryl methyl sites for hydroxylation is 1. The van der Waals surface area contributed by atoms with E-state index in [1.165, 1.54) is 0 Å². The largest absolute Gasteiger partial charge is 0.497 e. The summed E-state index contributed by atoms with van der Waals surface area (Å²) >= 11 is 0. The molecule has 1 aromatic rings. The second-order valence-corrected chi connectivity index (χ2v) is 4.48. The van der Waals surface area contributed by atoms with E-state index >= 15 is 0 Å². The molecule has 0 aromatic heterocycles. The standard InChI is InChI=1S/C13H20O2/c1-9(2)13(4,14)12-7-6-11(15-5)8-10(12)3/h6-9,14H,1-5H3. The normalized spacial score (nSPS) is 15.1. The molecule has 0 amide bonds. The Labute approximate surface area is 91.9 Å². The highest BCUT2D eigenvalue weighted by atomic mass is 16.5. The van der Waals surface area contributed by atoms with Crippen LogP contribution in [0.2, 0.25) is 0 Å². The molecule has 0 saturated carbocycles. The topological polar surface area (TPSA) is 29.5 Å². The molecule has 0 saturated heterocycles. The maximum absolute atomic E-state index is 10.4. The fraction of sp³-hybridized carbons (Fsp3) is 0.538. The average Bonchev–Trinajstić information content (AvgIpc) is 2.16. The Kier molecular flexibility index (Phi) is 3.40. The van der Waals surface area contributed by atoms with Crippen molar-refractivity contribution < 1.29 is 9.84 Å². The van der Waals surface area contributed by atoms with E-state index in [-0.39, 0.29) is 5.92 Å². The van der Waals surface area contributed by atoms with Crippen LogP contribution in [0.25, 0.3) is 0 Å². The third-order valence-corrected chi connectivity index (χ3v) is 3.10. The van der Waals surface area contributed by atoms with E-state index in [0.29, 0.717) is 0 Å². The van der Waals surface area contributed by atoms with Gasteiger partial charge in [0.05, 0.1) is 12.7 Å². The van der Waals surface area contributed by atoms with Crippen molar-refractivity contribution in [2.24, 2.45) is 5.92 Å². The molecule has 0 radical (unpaired) electrons. The van der Waals surface area contributed by atoms with Crippen molar-refractivity contribution in [1.29, 1.82) is 0 Å². The van der Waals surface area contributed by atoms with Crippen molar-refractivity contribution in [1.82, 2.24) is 0 Å². The van der Waals surface area contributed by atoms with Gasteiger partial charge in [-0.15, -0.1) is 0 Å². The molecule has 0 bridgehead atoms. The molecule has 1 unspecified atom stereocenters. The van der Waals surface area contributed by atoms with Crippen molar-refractivity contribution in [3.8, 4) is 5.75 Å². The van der Waals surface area contributed by atoms with Crippen LogP contribution in [0, 0.1) is 12.8 Å². The van der Waals surface area contributed by atoms with E-state index in [9.17, 15) is 5.11 Å². The first-order valence-electron chi connectivity index (χ1n) is 5.27. The first-order valence-corrected chi connectivity index (χ1v) is 5.27. The molecule has 0 aliphatic heterocycles. The van der Waals surface area contributed by atoms with Gasteiger partial charge in [0.2, 0.25) is 0 Å². The van der Waals surface area contributed by atoms with E-state index in [0.717, 1.165) is 16.9 Å². The van der Waals surface area contributed by atoms with Gasteiger partial charge in [0.15, 0.2) is 0 Å². The van der Waals surface area contributed by atoms with E-state index in [4.69, 9.17) is 4.74 Å². The smallest absolute Gasteiger partial charge is 0.119 e. The van der Waals surface area contributed by atoms with Gasteiger partial charge in [-0.3, -0.25) is 0 Å². The van der Waals surface area contributed by atoms with Crippen molar-refractivity contribution in [3.05, 3.63) is 29.3 Å². The Bertz CT molecular complexity index is 340. The minimum absolute atomic E-state index is 0.185. The average molecular weight is 208 g/mol. The van der Waals surface area contributed by atoms with Crippen LogP contribution >= 0.6 is 0 Å². The molecule has 0 heterocycles. The van der Waals surface area contributed by atoms with Gasteiger partial charge in [-0.05, 0) is 43.0 Å². The Morgan fingerprint density at radius 2 is 1.93 bits per heavy atom. The first kappa shape index (κ1) is 12.1. The first-order chi connectivity index (χ1) is 6.89. The van der Waals surface area contributed by atoms with Crippen LogP contribution in [-0.4, -0.2) is 12.2 Å². The number of ether oxygens (including phenoxy) is 1. The summed E-state index contributed by atoms with van der Waals surface area (Å²) in [6, 6.07) is 5.78. The lowest BCUT2D eigenvalue weighted by Crippen LogP contribution is -2.28. The molecule has 1 atom stereocenters. The van der Waals surface area contributed by atoms with Crippen LogP contribution in [0.3, 0.4) is 0 Å². The van der Waals surface area contributed by atoms with Crippen molar-refractivity contribution in [3.63, 3.8) is 0 Å². The summed E-state index contributed by atoms with van der Waals surface area (Å²) in [5.41, 5.74) is 1.25. The zero-order valence-electron chi connectivity index (χ0n) is 10.2. The molecular weight excluding hydrogens is 188 g/mol. The fourth-order valence-electron chi connectivity index (χ4n) is 1.64. The number of aliphatic hydroxyl groups is 1. The summed E-state index contributed by atoms with van der Waals surface area (Å²) in [6.07, 6.45) is 0. The number of benzene rings is 1. The van der Waals surface area contributed by atoms with Crippen LogP contribution in [0.5, 0.6) is 5.75 Å². The lowest BCUT2D eigenvalue weighted by atomic mass is 9.83. The maximum Gasteiger partial charge on any atom is 0.119 e. The van der Waals surface area contributed by atoms with E-state index < -0.39 is 5.60 Å². The summed E-state index contributed by atoms with van der Waals surface area (Å²) in [4.78, 5) is 0. The molecule has 0 spiro atoms. The minimum Gasteiger partial charge on any atom is -0.497 e. The molecule has 1 aromatic carbocycles. The van der Waals surface area contributed by atoms with Gasteiger partial charge in [-0.1, -0.05) is 19.9 Å². The van der Waals surface area contributed by atoms with Crippen LogP contribution in [0.15, 0.2) is 18.2 Å². The van der Waals surface area contributed by atoms with Crippen molar-refractivity contribution in [2.45, 2.75) is 33.3 Å². The number of rotatable bonds is 3. The van der Waals surface area contributed by atoms with Crippen LogP contribution < -0.4 is 4.74 Å². The van der Waals surface area contributed by atoms with Gasteiger partial charge >= 0.3 is 0 Å². The summed E-state index contributed by atoms with van der Waals surface area (Å²) in [7, 11) is 1.65. The molecular formula is C13H20O2. The van der Waals surface area contributed by atoms with Gasteiger partial charge in [0.25, 0.3) is 0 Å². The lowest BCUT2D eigenvalue weighted by Gasteiger charge is -2.30. The third kappa shape index (κ3) is 2.32. The molecule has 0 aliphatic rings. The Morgan fingerprint density at radius 1 is 1.33 bits per heavy atom. The highest BCUT2D eigenvalue weighted by Crippen LogP contribution is 2.32. The second-order valence-electron chi connectivity index (χ2n) is 4.48. The highest BCUT2D eigenvalue weighted by molar-refractivity contribution is 5.38. The lowest BCUT2D eigenvalue weighted by molar-refractivity contribution is 0.00844. The van der Waals surface area contributed by atoms with Crippen LogP contribution in [-0.2, 0) is 5.60 Å². The number of methoxy groups -OCH3 is 1. The number of hydrogen-bond acceptors (Lipinski definition) is 2. The quantitative estimate of drug-likeness (QED) is 0.827. The van der Waals surface area contributed by atoms with Gasteiger partial charge in [0.1, 0.15) is 5.75 Å². The number of hydrogen-bond donors (Lipinski definition) is 1. The third-order valence-electron chi connectivity index (χ3n) is 3.10. The SMILES string of the molecule is COc1ccc(C(C)(O)C(C)C)c(C)c1. The summed E-state index contributed by atoms with van der Waals surface area (Å²) in [5, 5.41) is 10.4. The predicted molar refractivity (Wildman–Crippen MR) is 62.1 cm³/mol. The molecule has 1 N–H and O–H groups in total. The molecule has 0 aliphatic carbocycles. The van der Waals surface area contributed by atoms with Crippen molar-refractivity contribution >= 4 is 0 Å². The zero-order chi connectivity index (χ0) is 11.6. The zero-order valence-corrected chi connectivity index (χ0v) is 10.2. The highest BCUT2D eigenvalue weighted by Gasteiger charge is 2.28. The summed E-state index contributed by atoms with van der Waals surface area (Å²) in [5.74, 6) is 1.01. The molecule has 0 fully saturated rings. The van der Waals surface area contributed by atoms with E-state index in [1.54, 1.807) is 7.11 Å². The van der Waals surface area contributed by atoms with Crippen molar-refractivity contribution in [2.75, 3.05) is 7.11 Å². The molecule has 84 valence electrons. The van der Waals surface area contributed by atoms with Gasteiger partial charge in [0, 0.05) is 0 Å². The van der Waals surface area contributed by atoms with Gasteiger partial charge in [-0.2, -0.15) is 0 Å². The van der Waals surface area contributed by atoms with Gasteiger partial charge in [-0.25, -0.2) is 0 Å². The Balaban J connectivity index is 3.16. The molecule has 15 heavy (non-hydrogen) atoms. The summed E-state index contributed by atoms with van der Waals surface area (Å²) in [6.45, 7) is 7.88. The van der Waals surface area contributed by atoms with Crippen LogP contribution in [0.4, 0.5) is 0 Å². The molecule has 1 rings (SSSR count).